The standard InChI is InChI=1S/C11H13N3O3/c1-7(13-6-15)10(16)8-2-4-9(5-3-8)11(12)14-17/h2-7,17H,1H3,(H2,12,14)(H,13,15). The Balaban J connectivity index is 2.87. The van der Waals surface area contributed by atoms with E-state index in [0.29, 0.717) is 17.5 Å². The van der Waals surface area contributed by atoms with Crippen molar-refractivity contribution >= 4 is 18.0 Å². The summed E-state index contributed by atoms with van der Waals surface area (Å²) in [6, 6.07) is 5.66. The molecule has 0 spiro atoms. The van der Waals surface area contributed by atoms with E-state index < -0.39 is 6.04 Å². The molecule has 0 saturated heterocycles. The molecule has 90 valence electrons. The molecule has 1 aromatic rings. The van der Waals surface area contributed by atoms with Crippen LogP contribution in [0.5, 0.6) is 0 Å². The van der Waals surface area contributed by atoms with Crippen LogP contribution in [0.4, 0.5) is 0 Å². The minimum absolute atomic E-state index is 0.0249. The third-order valence-corrected chi connectivity index (χ3v) is 2.28. The number of benzene rings is 1. The van der Waals surface area contributed by atoms with E-state index in [1.807, 2.05) is 0 Å². The molecule has 1 atom stereocenters. The van der Waals surface area contributed by atoms with Gasteiger partial charge >= 0.3 is 0 Å². The third kappa shape index (κ3) is 3.04. The molecule has 0 saturated carbocycles. The number of carbonyl (C=O) groups excluding carboxylic acids is 2. The molecule has 0 bridgehead atoms. The summed E-state index contributed by atoms with van der Waals surface area (Å²) in [5.74, 6) is -0.230. The van der Waals surface area contributed by atoms with Crippen LogP contribution in [0.15, 0.2) is 29.4 Å². The molecule has 17 heavy (non-hydrogen) atoms. The van der Waals surface area contributed by atoms with E-state index in [0.717, 1.165) is 0 Å². The zero-order valence-electron chi connectivity index (χ0n) is 9.25. The van der Waals surface area contributed by atoms with Crippen LogP contribution in [0.2, 0.25) is 0 Å². The van der Waals surface area contributed by atoms with Gasteiger partial charge < -0.3 is 16.3 Å². The lowest BCUT2D eigenvalue weighted by atomic mass is 10.0. The Hall–Kier alpha value is -2.37. The van der Waals surface area contributed by atoms with Crippen molar-refractivity contribution < 1.29 is 14.8 Å². The minimum atomic E-state index is -0.581. The second-order valence-electron chi connectivity index (χ2n) is 3.43. The van der Waals surface area contributed by atoms with Gasteiger partial charge in [0.25, 0.3) is 0 Å². The van der Waals surface area contributed by atoms with Crippen molar-refractivity contribution in [3.05, 3.63) is 35.4 Å². The number of rotatable bonds is 5. The van der Waals surface area contributed by atoms with Crippen LogP contribution in [-0.4, -0.2) is 29.3 Å². The highest BCUT2D eigenvalue weighted by Crippen LogP contribution is 2.07. The lowest BCUT2D eigenvalue weighted by molar-refractivity contribution is -0.109. The summed E-state index contributed by atoms with van der Waals surface area (Å²) in [4.78, 5) is 22.0. The van der Waals surface area contributed by atoms with Crippen LogP contribution in [0.1, 0.15) is 22.8 Å². The molecule has 1 rings (SSSR count). The van der Waals surface area contributed by atoms with Gasteiger partial charge in [-0.3, -0.25) is 9.59 Å². The van der Waals surface area contributed by atoms with Crippen molar-refractivity contribution in [3.8, 4) is 0 Å². The third-order valence-electron chi connectivity index (χ3n) is 2.28. The number of Topliss-reactive ketones (excluding diaryl/α,β-unsaturated/α-hetero) is 1. The van der Waals surface area contributed by atoms with Crippen molar-refractivity contribution in [2.24, 2.45) is 10.9 Å². The Morgan fingerprint density at radius 3 is 2.41 bits per heavy atom. The molecule has 0 aromatic heterocycles. The van der Waals surface area contributed by atoms with E-state index in [9.17, 15) is 9.59 Å². The number of carbonyl (C=O) groups is 2. The van der Waals surface area contributed by atoms with Crippen molar-refractivity contribution in [2.75, 3.05) is 0 Å². The number of nitrogens with one attached hydrogen (secondary N) is 1. The van der Waals surface area contributed by atoms with E-state index in [-0.39, 0.29) is 11.6 Å². The second-order valence-corrected chi connectivity index (χ2v) is 3.43. The molecule has 6 heteroatoms. The molecule has 0 heterocycles. The highest BCUT2D eigenvalue weighted by Gasteiger charge is 2.14. The SMILES string of the molecule is CC(NC=O)C(=O)c1ccc(C(N)=NO)cc1. The van der Waals surface area contributed by atoms with E-state index in [1.54, 1.807) is 31.2 Å². The van der Waals surface area contributed by atoms with Gasteiger partial charge in [-0.25, -0.2) is 0 Å². The molecule has 0 aliphatic heterocycles. The van der Waals surface area contributed by atoms with Gasteiger partial charge in [-0.2, -0.15) is 0 Å². The summed E-state index contributed by atoms with van der Waals surface area (Å²) >= 11 is 0. The highest BCUT2D eigenvalue weighted by molar-refractivity contribution is 6.02. The van der Waals surface area contributed by atoms with Crippen LogP contribution in [0.25, 0.3) is 0 Å². The first-order valence-corrected chi connectivity index (χ1v) is 4.92. The maximum absolute atomic E-state index is 11.8. The average Bonchev–Trinajstić information content (AvgIpc) is 2.37. The van der Waals surface area contributed by atoms with Gasteiger partial charge in [0.2, 0.25) is 6.41 Å². The Bertz CT molecular complexity index is 440. The van der Waals surface area contributed by atoms with Gasteiger partial charge in [-0.05, 0) is 6.92 Å². The highest BCUT2D eigenvalue weighted by atomic mass is 16.4. The smallest absolute Gasteiger partial charge is 0.207 e. The molecular weight excluding hydrogens is 222 g/mol. The fourth-order valence-corrected chi connectivity index (χ4v) is 1.29. The van der Waals surface area contributed by atoms with Crippen molar-refractivity contribution in [1.82, 2.24) is 5.32 Å². The van der Waals surface area contributed by atoms with Crippen molar-refractivity contribution in [3.63, 3.8) is 0 Å². The Kier molecular flexibility index (Phi) is 4.21. The van der Waals surface area contributed by atoms with Gasteiger partial charge in [-0.1, -0.05) is 29.4 Å². The van der Waals surface area contributed by atoms with E-state index >= 15 is 0 Å². The molecule has 0 aliphatic rings. The van der Waals surface area contributed by atoms with Gasteiger partial charge in [-0.15, -0.1) is 0 Å². The van der Waals surface area contributed by atoms with Gasteiger partial charge in [0.15, 0.2) is 11.6 Å². The number of nitrogens with zero attached hydrogens (tertiary/aromatic N) is 1. The summed E-state index contributed by atoms with van der Waals surface area (Å²) < 4.78 is 0. The number of hydrogen-bond acceptors (Lipinski definition) is 4. The van der Waals surface area contributed by atoms with Gasteiger partial charge in [0.1, 0.15) is 0 Å². The van der Waals surface area contributed by atoms with Crippen LogP contribution < -0.4 is 11.1 Å². The van der Waals surface area contributed by atoms with Crippen molar-refractivity contribution in [2.45, 2.75) is 13.0 Å². The Labute approximate surface area is 98.1 Å². The molecule has 6 nitrogen and oxygen atoms in total. The van der Waals surface area contributed by atoms with Crippen LogP contribution in [0, 0.1) is 0 Å². The van der Waals surface area contributed by atoms with Crippen LogP contribution in [-0.2, 0) is 4.79 Å². The zero-order chi connectivity index (χ0) is 12.8. The number of nitrogens with two attached hydrogens (primary N) is 1. The topological polar surface area (TPSA) is 105 Å². The summed E-state index contributed by atoms with van der Waals surface area (Å²) in [6.07, 6.45) is 0.480. The quantitative estimate of drug-likeness (QED) is 0.168. The summed E-state index contributed by atoms with van der Waals surface area (Å²) in [6.45, 7) is 1.59. The first kappa shape index (κ1) is 12.7. The predicted molar refractivity (Wildman–Crippen MR) is 61.9 cm³/mol. The largest absolute Gasteiger partial charge is 0.409 e. The number of amides is 1. The van der Waals surface area contributed by atoms with Crippen LogP contribution >= 0.6 is 0 Å². The molecule has 4 N–H and O–H groups in total. The van der Waals surface area contributed by atoms with E-state index in [1.165, 1.54) is 0 Å². The normalized spacial score (nSPS) is 12.9. The Morgan fingerprint density at radius 1 is 1.41 bits per heavy atom. The maximum atomic E-state index is 11.8. The number of ketones is 1. The maximum Gasteiger partial charge on any atom is 0.207 e. The first-order valence-electron chi connectivity index (χ1n) is 4.92. The summed E-state index contributed by atoms with van der Waals surface area (Å²) in [5.41, 5.74) is 6.34. The summed E-state index contributed by atoms with van der Waals surface area (Å²) in [7, 11) is 0. The fraction of sp³-hybridized carbons (Fsp3) is 0.182. The van der Waals surface area contributed by atoms with Crippen LogP contribution in [0.3, 0.4) is 0 Å². The molecule has 0 fully saturated rings. The van der Waals surface area contributed by atoms with Gasteiger partial charge in [0.05, 0.1) is 6.04 Å². The molecule has 1 unspecified atom stereocenters. The molecule has 1 amide bonds. The number of oxime groups is 1. The Morgan fingerprint density at radius 2 is 1.94 bits per heavy atom. The molecule has 0 radical (unpaired) electrons. The lowest BCUT2D eigenvalue weighted by Crippen LogP contribution is -2.32. The van der Waals surface area contributed by atoms with Gasteiger partial charge in [0, 0.05) is 11.1 Å². The second kappa shape index (κ2) is 5.64. The zero-order valence-corrected chi connectivity index (χ0v) is 9.25. The monoisotopic (exact) mass is 235 g/mol. The van der Waals surface area contributed by atoms with E-state index in [4.69, 9.17) is 10.9 Å². The fourth-order valence-electron chi connectivity index (χ4n) is 1.29. The number of hydrogen-bond donors (Lipinski definition) is 3. The summed E-state index contributed by atoms with van der Waals surface area (Å²) in [5, 5.41) is 13.7. The van der Waals surface area contributed by atoms with Crippen molar-refractivity contribution in [1.29, 1.82) is 0 Å². The lowest BCUT2D eigenvalue weighted by Gasteiger charge is -2.09. The predicted octanol–water partition coefficient (Wildman–Crippen LogP) is 0.0983. The molecular formula is C11H13N3O3. The minimum Gasteiger partial charge on any atom is -0.409 e. The molecule has 1 aromatic carbocycles. The average molecular weight is 235 g/mol. The number of amidine groups is 1. The first-order chi connectivity index (χ1) is 8.10. The molecule has 0 aliphatic carbocycles. The van der Waals surface area contributed by atoms with E-state index in [2.05, 4.69) is 10.5 Å².